The summed E-state index contributed by atoms with van der Waals surface area (Å²) in [7, 11) is 0. The fourth-order valence-corrected chi connectivity index (χ4v) is 1.66. The van der Waals surface area contributed by atoms with Gasteiger partial charge in [0.2, 0.25) is 0 Å². The first-order valence-electron chi connectivity index (χ1n) is 5.70. The number of carbonyl (C=O) groups is 1. The Hall–Kier alpha value is -1.16. The van der Waals surface area contributed by atoms with Gasteiger partial charge >= 0.3 is 0 Å². The van der Waals surface area contributed by atoms with Gasteiger partial charge in [0.25, 0.3) is 5.91 Å². The van der Waals surface area contributed by atoms with E-state index in [1.807, 2.05) is 13.8 Å². The molecule has 0 aromatic carbocycles. The molecule has 0 N–H and O–H groups in total. The first-order valence-corrected chi connectivity index (χ1v) is 6.08. The molecule has 0 radical (unpaired) electrons. The molecule has 1 amide bonds. The lowest BCUT2D eigenvalue weighted by atomic mass is 10.1. The lowest BCUT2D eigenvalue weighted by Crippen LogP contribution is -2.40. The van der Waals surface area contributed by atoms with Gasteiger partial charge in [0.15, 0.2) is 0 Å². The van der Waals surface area contributed by atoms with Crippen LogP contribution in [0, 0.1) is 5.92 Å². The summed E-state index contributed by atoms with van der Waals surface area (Å²) in [6.45, 7) is 8.82. The molecule has 94 valence electrons. The molecule has 0 fully saturated rings. The van der Waals surface area contributed by atoms with E-state index in [1.54, 1.807) is 4.90 Å². The molecule has 1 heterocycles. The normalized spacial score (nSPS) is 11.0. The van der Waals surface area contributed by atoms with E-state index in [0.29, 0.717) is 18.2 Å². The molecule has 17 heavy (non-hydrogen) atoms. The Kier molecular flexibility index (Phi) is 4.87. The van der Waals surface area contributed by atoms with Crippen LogP contribution in [-0.2, 0) is 0 Å². The Morgan fingerprint density at radius 3 is 2.47 bits per heavy atom. The van der Waals surface area contributed by atoms with Gasteiger partial charge in [-0.25, -0.2) is 4.98 Å². The van der Waals surface area contributed by atoms with Crippen LogP contribution in [0.25, 0.3) is 0 Å². The number of rotatable bonds is 4. The summed E-state index contributed by atoms with van der Waals surface area (Å²) in [6, 6.07) is 0.130. The van der Waals surface area contributed by atoms with Crippen LogP contribution in [0.3, 0.4) is 0 Å². The van der Waals surface area contributed by atoms with Gasteiger partial charge in [0.05, 0.1) is 12.4 Å². The van der Waals surface area contributed by atoms with Crippen molar-refractivity contribution in [1.29, 1.82) is 0 Å². The lowest BCUT2D eigenvalue weighted by Gasteiger charge is -2.28. The van der Waals surface area contributed by atoms with Crippen molar-refractivity contribution in [3.63, 3.8) is 0 Å². The van der Waals surface area contributed by atoms with E-state index in [4.69, 9.17) is 11.6 Å². The maximum atomic E-state index is 12.2. The number of hydrogen-bond acceptors (Lipinski definition) is 3. The van der Waals surface area contributed by atoms with Gasteiger partial charge in [-0.15, -0.1) is 0 Å². The second kappa shape index (κ2) is 5.96. The van der Waals surface area contributed by atoms with Crippen molar-refractivity contribution in [3.8, 4) is 0 Å². The molecule has 5 heteroatoms. The first kappa shape index (κ1) is 13.9. The minimum absolute atomic E-state index is 0.122. The van der Waals surface area contributed by atoms with Gasteiger partial charge in [-0.3, -0.25) is 9.78 Å². The third kappa shape index (κ3) is 3.97. The molecule has 1 rings (SSSR count). The average Bonchev–Trinajstić information content (AvgIpc) is 2.24. The molecule has 0 aliphatic carbocycles. The highest BCUT2D eigenvalue weighted by atomic mass is 35.5. The molecule has 0 saturated heterocycles. The van der Waals surface area contributed by atoms with Crippen molar-refractivity contribution in [3.05, 3.63) is 23.2 Å². The van der Waals surface area contributed by atoms with Crippen molar-refractivity contribution in [2.24, 2.45) is 5.92 Å². The van der Waals surface area contributed by atoms with Gasteiger partial charge in [-0.05, 0) is 19.8 Å². The minimum Gasteiger partial charge on any atom is -0.335 e. The number of nitrogens with zero attached hydrogens (tertiary/aromatic N) is 3. The summed E-state index contributed by atoms with van der Waals surface area (Å²) in [5, 5.41) is 0.240. The van der Waals surface area contributed by atoms with E-state index in [0.717, 1.165) is 0 Å². The topological polar surface area (TPSA) is 46.1 Å². The summed E-state index contributed by atoms with van der Waals surface area (Å²) in [5.41, 5.74) is 0.298. The molecule has 1 aromatic heterocycles. The molecular weight excluding hydrogens is 238 g/mol. The third-order valence-corrected chi connectivity index (χ3v) is 2.45. The molecule has 1 aromatic rings. The second-order valence-electron chi connectivity index (χ2n) is 4.67. The summed E-state index contributed by atoms with van der Waals surface area (Å²) in [6.07, 6.45) is 2.87. The highest BCUT2D eigenvalue weighted by Gasteiger charge is 2.21. The highest BCUT2D eigenvalue weighted by molar-refractivity contribution is 6.29. The number of hydrogen-bond donors (Lipinski definition) is 0. The van der Waals surface area contributed by atoms with E-state index in [9.17, 15) is 4.79 Å². The highest BCUT2D eigenvalue weighted by Crippen LogP contribution is 2.11. The van der Waals surface area contributed by atoms with Crippen LogP contribution in [0.1, 0.15) is 38.2 Å². The monoisotopic (exact) mass is 255 g/mol. The standard InChI is InChI=1S/C12H18ClN3O/c1-8(2)7-16(9(3)4)12(17)10-5-14-6-11(13)15-10/h5-6,8-9H,7H2,1-4H3. The zero-order valence-electron chi connectivity index (χ0n) is 10.6. The number of amides is 1. The van der Waals surface area contributed by atoms with E-state index < -0.39 is 0 Å². The van der Waals surface area contributed by atoms with Crippen LogP contribution in [0.4, 0.5) is 0 Å². The van der Waals surface area contributed by atoms with Crippen LogP contribution in [-0.4, -0.2) is 33.4 Å². The van der Waals surface area contributed by atoms with Gasteiger partial charge in [0, 0.05) is 12.6 Å². The largest absolute Gasteiger partial charge is 0.335 e. The Morgan fingerprint density at radius 1 is 1.35 bits per heavy atom. The maximum Gasteiger partial charge on any atom is 0.274 e. The van der Waals surface area contributed by atoms with Crippen LogP contribution in [0.5, 0.6) is 0 Å². The van der Waals surface area contributed by atoms with E-state index in [-0.39, 0.29) is 17.1 Å². The van der Waals surface area contributed by atoms with Gasteiger partial charge in [0.1, 0.15) is 10.8 Å². The Morgan fingerprint density at radius 2 is 2.00 bits per heavy atom. The van der Waals surface area contributed by atoms with Crippen molar-refractivity contribution < 1.29 is 4.79 Å². The summed E-state index contributed by atoms with van der Waals surface area (Å²) in [5.74, 6) is 0.289. The van der Waals surface area contributed by atoms with Gasteiger partial charge in [-0.2, -0.15) is 0 Å². The molecule has 4 nitrogen and oxygen atoms in total. The van der Waals surface area contributed by atoms with Gasteiger partial charge in [-0.1, -0.05) is 25.4 Å². The average molecular weight is 256 g/mol. The Labute approximate surface area is 107 Å². The van der Waals surface area contributed by atoms with Crippen molar-refractivity contribution in [2.45, 2.75) is 33.7 Å². The number of carbonyl (C=O) groups excluding carboxylic acids is 1. The fraction of sp³-hybridized carbons (Fsp3) is 0.583. The molecule has 0 bridgehead atoms. The van der Waals surface area contributed by atoms with Crippen LogP contribution < -0.4 is 0 Å². The Balaban J connectivity index is 2.92. The molecule has 0 aliphatic heterocycles. The summed E-state index contributed by atoms with van der Waals surface area (Å²) >= 11 is 5.73. The van der Waals surface area contributed by atoms with Gasteiger partial charge < -0.3 is 4.90 Å². The zero-order valence-corrected chi connectivity index (χ0v) is 11.4. The summed E-state index contributed by atoms with van der Waals surface area (Å²) < 4.78 is 0. The molecular formula is C12H18ClN3O. The van der Waals surface area contributed by atoms with E-state index in [1.165, 1.54) is 12.4 Å². The molecule has 0 atom stereocenters. The number of aromatic nitrogens is 2. The molecule has 0 saturated carbocycles. The van der Waals surface area contributed by atoms with Crippen LogP contribution in [0.15, 0.2) is 12.4 Å². The minimum atomic E-state index is -0.122. The molecule has 0 aliphatic rings. The number of halogens is 1. The zero-order chi connectivity index (χ0) is 13.0. The smallest absolute Gasteiger partial charge is 0.274 e. The third-order valence-electron chi connectivity index (χ3n) is 2.27. The maximum absolute atomic E-state index is 12.2. The molecule has 0 spiro atoms. The van der Waals surface area contributed by atoms with Crippen molar-refractivity contribution in [1.82, 2.24) is 14.9 Å². The first-order chi connectivity index (χ1) is 7.91. The lowest BCUT2D eigenvalue weighted by molar-refractivity contribution is 0.0675. The van der Waals surface area contributed by atoms with Crippen molar-refractivity contribution >= 4 is 17.5 Å². The summed E-state index contributed by atoms with van der Waals surface area (Å²) in [4.78, 5) is 21.9. The second-order valence-corrected chi connectivity index (χ2v) is 5.06. The SMILES string of the molecule is CC(C)CN(C(=O)c1cncc(Cl)n1)C(C)C. The van der Waals surface area contributed by atoms with E-state index in [2.05, 4.69) is 23.8 Å². The van der Waals surface area contributed by atoms with Crippen LogP contribution in [0.2, 0.25) is 5.15 Å². The predicted octanol–water partition coefficient (Wildman–Crippen LogP) is 2.64. The van der Waals surface area contributed by atoms with Crippen LogP contribution >= 0.6 is 11.6 Å². The fourth-order valence-electron chi connectivity index (χ4n) is 1.51. The Bertz CT molecular complexity index is 393. The van der Waals surface area contributed by atoms with E-state index >= 15 is 0 Å². The quantitative estimate of drug-likeness (QED) is 0.831. The van der Waals surface area contributed by atoms with Crippen molar-refractivity contribution in [2.75, 3.05) is 6.54 Å². The molecule has 0 unspecified atom stereocenters. The predicted molar refractivity (Wildman–Crippen MR) is 68.1 cm³/mol.